The SMILES string of the molecule is C=C(C)C(=O)OCCC[SiH3].CO[Si](C)(OC)OC. The van der Waals surface area contributed by atoms with Crippen molar-refractivity contribution in [2.45, 2.75) is 25.9 Å². The van der Waals surface area contributed by atoms with Crippen molar-refractivity contribution in [3.8, 4) is 0 Å². The zero-order valence-corrected chi connectivity index (χ0v) is 15.4. The highest BCUT2D eigenvalue weighted by Crippen LogP contribution is 2.02. The molecule has 0 unspecified atom stereocenters. The molecule has 0 radical (unpaired) electrons. The molecule has 0 bridgehead atoms. The van der Waals surface area contributed by atoms with Crippen LogP contribution in [-0.2, 0) is 22.8 Å². The van der Waals surface area contributed by atoms with E-state index in [1.54, 1.807) is 28.3 Å². The van der Waals surface area contributed by atoms with Crippen LogP contribution < -0.4 is 0 Å². The van der Waals surface area contributed by atoms with Crippen molar-refractivity contribution in [2.24, 2.45) is 0 Å². The maximum absolute atomic E-state index is 10.7. The second kappa shape index (κ2) is 11.6. The van der Waals surface area contributed by atoms with E-state index in [4.69, 9.17) is 18.0 Å². The molecule has 0 aliphatic rings. The van der Waals surface area contributed by atoms with Crippen molar-refractivity contribution in [3.05, 3.63) is 12.2 Å². The Labute approximate surface area is 114 Å². The maximum Gasteiger partial charge on any atom is 0.496 e. The molecule has 0 saturated carbocycles. The minimum atomic E-state index is -2.17. The van der Waals surface area contributed by atoms with E-state index in [1.807, 2.05) is 6.55 Å². The summed E-state index contributed by atoms with van der Waals surface area (Å²) in [6, 6.07) is 1.18. The summed E-state index contributed by atoms with van der Waals surface area (Å²) in [5.41, 5.74) is 0.480. The van der Waals surface area contributed by atoms with Crippen LogP contribution >= 0.6 is 0 Å². The van der Waals surface area contributed by atoms with E-state index in [2.05, 4.69) is 6.58 Å². The van der Waals surface area contributed by atoms with Gasteiger partial charge in [-0.3, -0.25) is 0 Å². The lowest BCUT2D eigenvalue weighted by Gasteiger charge is -2.18. The van der Waals surface area contributed by atoms with Gasteiger partial charge in [0.25, 0.3) is 0 Å². The van der Waals surface area contributed by atoms with Crippen LogP contribution in [0.15, 0.2) is 12.2 Å². The molecule has 0 aliphatic heterocycles. The van der Waals surface area contributed by atoms with Crippen molar-refractivity contribution in [3.63, 3.8) is 0 Å². The van der Waals surface area contributed by atoms with E-state index >= 15 is 0 Å². The molecule has 0 saturated heterocycles. The summed E-state index contributed by atoms with van der Waals surface area (Å²) in [5.74, 6) is -0.268. The summed E-state index contributed by atoms with van der Waals surface area (Å²) in [4.78, 5) is 10.7. The topological polar surface area (TPSA) is 54.0 Å². The van der Waals surface area contributed by atoms with Crippen LogP contribution in [0.5, 0.6) is 0 Å². The van der Waals surface area contributed by atoms with Gasteiger partial charge in [0, 0.05) is 43.7 Å². The van der Waals surface area contributed by atoms with Gasteiger partial charge in [-0.1, -0.05) is 12.6 Å². The first kappa shape index (κ1) is 19.9. The predicted molar refractivity (Wildman–Crippen MR) is 77.8 cm³/mol. The Kier molecular flexibility index (Phi) is 12.8. The number of hydrogen-bond donors (Lipinski definition) is 0. The van der Waals surface area contributed by atoms with Crippen LogP contribution in [0.2, 0.25) is 12.6 Å². The van der Waals surface area contributed by atoms with Crippen molar-refractivity contribution in [1.29, 1.82) is 0 Å². The molecule has 5 nitrogen and oxygen atoms in total. The van der Waals surface area contributed by atoms with Crippen LogP contribution in [0.1, 0.15) is 13.3 Å². The minimum Gasteiger partial charge on any atom is -0.462 e. The molecular weight excluding hydrogens is 268 g/mol. The molecule has 18 heavy (non-hydrogen) atoms. The van der Waals surface area contributed by atoms with Gasteiger partial charge in [0.2, 0.25) is 0 Å². The zero-order valence-electron chi connectivity index (χ0n) is 12.4. The molecule has 7 heteroatoms. The van der Waals surface area contributed by atoms with Crippen LogP contribution in [0.25, 0.3) is 0 Å². The molecular formula is C11H26O5Si2. The largest absolute Gasteiger partial charge is 0.496 e. The first-order valence-electron chi connectivity index (χ1n) is 5.84. The third-order valence-corrected chi connectivity index (χ3v) is 5.12. The van der Waals surface area contributed by atoms with Gasteiger partial charge in [0.15, 0.2) is 0 Å². The number of rotatable bonds is 7. The lowest BCUT2D eigenvalue weighted by molar-refractivity contribution is -0.138. The van der Waals surface area contributed by atoms with E-state index in [1.165, 1.54) is 16.3 Å². The van der Waals surface area contributed by atoms with Crippen molar-refractivity contribution in [2.75, 3.05) is 27.9 Å². The van der Waals surface area contributed by atoms with Crippen LogP contribution in [-0.4, -0.2) is 53.0 Å². The lowest BCUT2D eigenvalue weighted by atomic mass is 10.4. The molecule has 0 aromatic rings. The van der Waals surface area contributed by atoms with Crippen molar-refractivity contribution >= 4 is 25.0 Å². The van der Waals surface area contributed by atoms with Crippen molar-refractivity contribution < 1.29 is 22.8 Å². The second-order valence-corrected chi connectivity index (χ2v) is 7.69. The lowest BCUT2D eigenvalue weighted by Crippen LogP contribution is -2.38. The van der Waals surface area contributed by atoms with E-state index in [9.17, 15) is 4.79 Å². The fourth-order valence-corrected chi connectivity index (χ4v) is 1.47. The zero-order chi connectivity index (χ0) is 14.6. The van der Waals surface area contributed by atoms with E-state index < -0.39 is 8.80 Å². The van der Waals surface area contributed by atoms with E-state index in [0.29, 0.717) is 12.2 Å². The molecule has 0 amide bonds. The van der Waals surface area contributed by atoms with Crippen LogP contribution in [0.4, 0.5) is 0 Å². The Morgan fingerprint density at radius 3 is 1.89 bits per heavy atom. The van der Waals surface area contributed by atoms with Gasteiger partial charge in [-0.15, -0.1) is 0 Å². The van der Waals surface area contributed by atoms with Gasteiger partial charge < -0.3 is 18.0 Å². The van der Waals surface area contributed by atoms with Gasteiger partial charge in [-0.25, -0.2) is 4.79 Å². The highest BCUT2D eigenvalue weighted by atomic mass is 28.4. The smallest absolute Gasteiger partial charge is 0.462 e. The number of ether oxygens (including phenoxy) is 1. The molecule has 0 rings (SSSR count). The molecule has 0 heterocycles. The molecule has 0 N–H and O–H groups in total. The average Bonchev–Trinajstić information content (AvgIpc) is 2.38. The Morgan fingerprint density at radius 1 is 1.22 bits per heavy atom. The Morgan fingerprint density at radius 2 is 1.67 bits per heavy atom. The Hall–Kier alpha value is -0.476. The van der Waals surface area contributed by atoms with Gasteiger partial charge in [0.05, 0.1) is 6.61 Å². The number of esters is 1. The monoisotopic (exact) mass is 294 g/mol. The Bertz CT molecular complexity index is 233. The van der Waals surface area contributed by atoms with E-state index in [0.717, 1.165) is 6.42 Å². The quantitative estimate of drug-likeness (QED) is 0.300. The molecule has 0 atom stereocenters. The second-order valence-electron chi connectivity index (χ2n) is 3.74. The van der Waals surface area contributed by atoms with Crippen molar-refractivity contribution in [1.82, 2.24) is 0 Å². The summed E-state index contributed by atoms with van der Waals surface area (Å²) in [6.07, 6.45) is 0.991. The van der Waals surface area contributed by atoms with E-state index in [-0.39, 0.29) is 5.97 Å². The fourth-order valence-electron chi connectivity index (χ4n) is 0.682. The molecule has 0 aromatic heterocycles. The molecule has 0 spiro atoms. The molecule has 108 valence electrons. The average molecular weight is 294 g/mol. The number of carbonyl (C=O) groups excluding carboxylic acids is 1. The normalized spacial score (nSPS) is 10.5. The molecule has 0 fully saturated rings. The predicted octanol–water partition coefficient (Wildman–Crippen LogP) is 0.774. The number of hydrogen-bond acceptors (Lipinski definition) is 5. The summed E-state index contributed by atoms with van der Waals surface area (Å²) < 4.78 is 19.6. The minimum absolute atomic E-state index is 0.268. The molecule has 0 aliphatic carbocycles. The fraction of sp³-hybridized carbons (Fsp3) is 0.727. The van der Waals surface area contributed by atoms with Gasteiger partial charge >= 0.3 is 14.8 Å². The van der Waals surface area contributed by atoms with Gasteiger partial charge in [-0.2, -0.15) is 0 Å². The highest BCUT2D eigenvalue weighted by molar-refractivity contribution is 6.58. The Balaban J connectivity index is 0. The van der Waals surface area contributed by atoms with Gasteiger partial charge in [-0.05, 0) is 13.3 Å². The third-order valence-electron chi connectivity index (χ3n) is 2.19. The number of carbonyl (C=O) groups is 1. The maximum atomic E-state index is 10.7. The summed E-state index contributed by atoms with van der Waals surface area (Å²) in [7, 11) is 3.76. The van der Waals surface area contributed by atoms with Crippen LogP contribution in [0, 0.1) is 0 Å². The first-order valence-corrected chi connectivity index (χ1v) is 9.48. The standard InChI is InChI=1S/C7H14O2Si.C4H12O3Si/c1-6(2)7(8)9-4-3-5-10;1-5-8(4,6-2)7-3/h1,3-5H2,2,10H3;1-4H3. The summed E-state index contributed by atoms with van der Waals surface area (Å²) in [6.45, 7) is 7.50. The first-order chi connectivity index (χ1) is 8.36. The highest BCUT2D eigenvalue weighted by Gasteiger charge is 2.29. The molecule has 0 aromatic carbocycles. The van der Waals surface area contributed by atoms with Gasteiger partial charge in [0.1, 0.15) is 0 Å². The van der Waals surface area contributed by atoms with Crippen LogP contribution in [0.3, 0.4) is 0 Å². The summed E-state index contributed by atoms with van der Waals surface area (Å²) >= 11 is 0. The summed E-state index contributed by atoms with van der Waals surface area (Å²) in [5, 5.41) is 0. The third kappa shape index (κ3) is 10.7.